The molecule has 0 bridgehead atoms. The lowest BCUT2D eigenvalue weighted by Gasteiger charge is -2.13. The van der Waals surface area contributed by atoms with Crippen molar-refractivity contribution in [3.63, 3.8) is 0 Å². The average molecular weight is 470 g/mol. The van der Waals surface area contributed by atoms with Gasteiger partial charge in [-0.2, -0.15) is 14.9 Å². The lowest BCUT2D eigenvalue weighted by atomic mass is 10.1. The van der Waals surface area contributed by atoms with Gasteiger partial charge >= 0.3 is 5.69 Å². The number of rotatable bonds is 10. The van der Waals surface area contributed by atoms with Crippen LogP contribution in [0.15, 0.2) is 46.3 Å². The third-order valence-electron chi connectivity index (χ3n) is 4.88. The molecule has 0 aliphatic rings. The van der Waals surface area contributed by atoms with Crippen LogP contribution in [0.3, 0.4) is 0 Å². The fourth-order valence-corrected chi connectivity index (χ4v) is 3.19. The van der Waals surface area contributed by atoms with Crippen LogP contribution in [0.5, 0.6) is 23.0 Å². The third-order valence-corrected chi connectivity index (χ3v) is 4.88. The van der Waals surface area contributed by atoms with Crippen molar-refractivity contribution in [1.29, 1.82) is 0 Å². The normalized spacial score (nSPS) is 10.8. The van der Waals surface area contributed by atoms with Gasteiger partial charge in [-0.3, -0.25) is 4.79 Å². The monoisotopic (exact) mass is 470 g/mol. The Morgan fingerprint density at radius 2 is 1.74 bits per heavy atom. The summed E-state index contributed by atoms with van der Waals surface area (Å²) in [6, 6.07) is 10.6. The molecule has 0 spiro atoms. The standard InChI is InChI=1S/C22H26N6O6/c1-31-16-8-5-14(6-9-16)11-18-26-27(22(30)28(18)23)13-19(29)25-24-12-15-7-10-17(32-2)21(34-4)20(15)33-3/h5-10,12H,11,13,23H2,1-4H3,(H,25,29)/b24-12+. The second-order valence-corrected chi connectivity index (χ2v) is 6.97. The van der Waals surface area contributed by atoms with Crippen molar-refractivity contribution in [1.82, 2.24) is 19.9 Å². The van der Waals surface area contributed by atoms with Crippen LogP contribution in [0.1, 0.15) is 17.0 Å². The molecule has 3 aromatic rings. The van der Waals surface area contributed by atoms with Crippen molar-refractivity contribution in [3.05, 3.63) is 63.8 Å². The van der Waals surface area contributed by atoms with E-state index in [9.17, 15) is 9.59 Å². The fraction of sp³-hybridized carbons (Fsp3) is 0.273. The highest BCUT2D eigenvalue weighted by Gasteiger charge is 2.16. The van der Waals surface area contributed by atoms with Gasteiger partial charge in [-0.15, -0.1) is 0 Å². The summed E-state index contributed by atoms with van der Waals surface area (Å²) in [6.07, 6.45) is 1.69. The number of hydrazone groups is 1. The summed E-state index contributed by atoms with van der Waals surface area (Å²) < 4.78 is 22.9. The Morgan fingerprint density at radius 3 is 2.35 bits per heavy atom. The Morgan fingerprint density at radius 1 is 1.03 bits per heavy atom. The molecule has 180 valence electrons. The molecule has 0 atom stereocenters. The van der Waals surface area contributed by atoms with Crippen molar-refractivity contribution in [3.8, 4) is 23.0 Å². The highest BCUT2D eigenvalue weighted by Crippen LogP contribution is 2.38. The number of amides is 1. The molecule has 34 heavy (non-hydrogen) atoms. The number of nitrogens with one attached hydrogen (secondary N) is 1. The maximum absolute atomic E-state index is 12.4. The summed E-state index contributed by atoms with van der Waals surface area (Å²) in [5.74, 6) is 7.57. The first-order valence-corrected chi connectivity index (χ1v) is 10.1. The lowest BCUT2D eigenvalue weighted by Crippen LogP contribution is -2.34. The van der Waals surface area contributed by atoms with Gasteiger partial charge in [0.2, 0.25) is 5.75 Å². The molecule has 1 heterocycles. The summed E-state index contributed by atoms with van der Waals surface area (Å²) in [5, 5.41) is 8.10. The zero-order valence-corrected chi connectivity index (χ0v) is 19.3. The predicted molar refractivity (Wildman–Crippen MR) is 124 cm³/mol. The molecule has 0 aliphatic heterocycles. The maximum atomic E-state index is 12.4. The van der Waals surface area contributed by atoms with Gasteiger partial charge in [0.1, 0.15) is 12.3 Å². The van der Waals surface area contributed by atoms with Crippen molar-refractivity contribution in [2.45, 2.75) is 13.0 Å². The van der Waals surface area contributed by atoms with E-state index in [1.54, 1.807) is 31.4 Å². The van der Waals surface area contributed by atoms with E-state index in [0.29, 0.717) is 40.8 Å². The van der Waals surface area contributed by atoms with E-state index in [0.717, 1.165) is 14.9 Å². The van der Waals surface area contributed by atoms with Crippen LogP contribution < -0.4 is 35.9 Å². The first-order valence-electron chi connectivity index (χ1n) is 10.1. The fourth-order valence-electron chi connectivity index (χ4n) is 3.19. The molecule has 0 saturated heterocycles. The quantitative estimate of drug-likeness (QED) is 0.248. The number of methoxy groups -OCH3 is 4. The van der Waals surface area contributed by atoms with Gasteiger partial charge in [-0.1, -0.05) is 12.1 Å². The summed E-state index contributed by atoms with van der Waals surface area (Å²) in [4.78, 5) is 24.7. The molecule has 0 aliphatic carbocycles. The minimum atomic E-state index is -0.621. The van der Waals surface area contributed by atoms with Crippen LogP contribution in [0.4, 0.5) is 0 Å². The molecule has 0 saturated carbocycles. The van der Waals surface area contributed by atoms with E-state index >= 15 is 0 Å². The van der Waals surface area contributed by atoms with Crippen LogP contribution in [-0.2, 0) is 17.8 Å². The number of nitrogens with two attached hydrogens (primary N) is 1. The molecule has 0 radical (unpaired) electrons. The second kappa shape index (κ2) is 10.9. The SMILES string of the molecule is COc1ccc(Cc2nn(CC(=O)N/N=C/c3ccc(OC)c(OC)c3OC)c(=O)n2N)cc1. The van der Waals surface area contributed by atoms with Gasteiger partial charge in [-0.25, -0.2) is 14.9 Å². The number of nitrogens with zero attached hydrogens (tertiary/aromatic N) is 4. The molecule has 1 aromatic heterocycles. The molecule has 1 amide bonds. The zero-order valence-electron chi connectivity index (χ0n) is 19.3. The van der Waals surface area contributed by atoms with Gasteiger partial charge < -0.3 is 24.8 Å². The molecule has 3 N–H and O–H groups in total. The number of hydrogen-bond donors (Lipinski definition) is 2. The average Bonchev–Trinajstić information content (AvgIpc) is 3.11. The molecule has 2 aromatic carbocycles. The summed E-state index contributed by atoms with van der Waals surface area (Å²) >= 11 is 0. The van der Waals surface area contributed by atoms with E-state index in [4.69, 9.17) is 24.8 Å². The number of benzene rings is 2. The molecular formula is C22H26N6O6. The molecular weight excluding hydrogens is 444 g/mol. The highest BCUT2D eigenvalue weighted by atomic mass is 16.5. The Kier molecular flexibility index (Phi) is 7.75. The molecule has 3 rings (SSSR count). The van der Waals surface area contributed by atoms with Gasteiger partial charge in [0.05, 0.1) is 34.7 Å². The maximum Gasteiger partial charge on any atom is 0.365 e. The number of ether oxygens (including phenoxy) is 4. The topological polar surface area (TPSA) is 144 Å². The predicted octanol–water partition coefficient (Wildman–Crippen LogP) is 0.534. The minimum absolute atomic E-state index is 0.307. The van der Waals surface area contributed by atoms with Crippen LogP contribution >= 0.6 is 0 Å². The second-order valence-electron chi connectivity index (χ2n) is 6.97. The Balaban J connectivity index is 1.68. The van der Waals surface area contributed by atoms with Gasteiger partial charge in [0.15, 0.2) is 17.3 Å². The molecule has 12 nitrogen and oxygen atoms in total. The van der Waals surface area contributed by atoms with E-state index in [-0.39, 0.29) is 6.54 Å². The van der Waals surface area contributed by atoms with Crippen LogP contribution in [0, 0.1) is 0 Å². The summed E-state index contributed by atoms with van der Waals surface area (Å²) in [6.45, 7) is -0.362. The highest BCUT2D eigenvalue weighted by molar-refractivity contribution is 5.87. The van der Waals surface area contributed by atoms with E-state index in [1.165, 1.54) is 27.5 Å². The van der Waals surface area contributed by atoms with Crippen LogP contribution in [-0.4, -0.2) is 55.0 Å². The van der Waals surface area contributed by atoms with Gasteiger partial charge in [-0.05, 0) is 29.8 Å². The summed E-state index contributed by atoms with van der Waals surface area (Å²) in [7, 11) is 6.05. The van der Waals surface area contributed by atoms with E-state index in [1.807, 2.05) is 12.1 Å². The minimum Gasteiger partial charge on any atom is -0.497 e. The van der Waals surface area contributed by atoms with E-state index in [2.05, 4.69) is 15.6 Å². The van der Waals surface area contributed by atoms with Crippen LogP contribution in [0.2, 0.25) is 0 Å². The Labute approximate surface area is 195 Å². The van der Waals surface area contributed by atoms with E-state index < -0.39 is 11.6 Å². The van der Waals surface area contributed by atoms with Crippen molar-refractivity contribution in [2.24, 2.45) is 5.10 Å². The third kappa shape index (κ3) is 5.28. The Hall–Kier alpha value is -4.48. The number of carbonyl (C=O) groups is 1. The first kappa shape index (κ1) is 24.2. The zero-order chi connectivity index (χ0) is 24.7. The Bertz CT molecular complexity index is 1230. The number of hydrogen-bond acceptors (Lipinski definition) is 9. The summed E-state index contributed by atoms with van der Waals surface area (Å²) in [5.41, 5.74) is 3.16. The van der Waals surface area contributed by atoms with Gasteiger partial charge in [0.25, 0.3) is 5.91 Å². The molecule has 0 unspecified atom stereocenters. The lowest BCUT2D eigenvalue weighted by molar-refractivity contribution is -0.121. The van der Waals surface area contributed by atoms with Gasteiger partial charge in [0, 0.05) is 12.0 Å². The number of carbonyl (C=O) groups excluding carboxylic acids is 1. The first-order chi connectivity index (χ1) is 16.4. The smallest absolute Gasteiger partial charge is 0.365 e. The van der Waals surface area contributed by atoms with Crippen molar-refractivity contribution < 1.29 is 23.7 Å². The molecule has 0 fully saturated rings. The van der Waals surface area contributed by atoms with Crippen molar-refractivity contribution >= 4 is 12.1 Å². The number of nitrogen functional groups attached to an aromatic ring is 1. The largest absolute Gasteiger partial charge is 0.497 e. The van der Waals surface area contributed by atoms with Crippen LogP contribution in [0.25, 0.3) is 0 Å². The van der Waals surface area contributed by atoms with Crippen molar-refractivity contribution in [2.75, 3.05) is 34.3 Å². The molecule has 12 heteroatoms. The number of aromatic nitrogens is 3.